The van der Waals surface area contributed by atoms with E-state index >= 15 is 0 Å². The number of rotatable bonds is 7. The van der Waals surface area contributed by atoms with Crippen LogP contribution in [0, 0.1) is 0 Å². The molecule has 2 heterocycles. The van der Waals surface area contributed by atoms with Crippen molar-refractivity contribution in [2.24, 2.45) is 0 Å². The van der Waals surface area contributed by atoms with Crippen molar-refractivity contribution >= 4 is 28.8 Å². The van der Waals surface area contributed by atoms with Gasteiger partial charge in [0.2, 0.25) is 5.91 Å². The Hall–Kier alpha value is -3.06. The van der Waals surface area contributed by atoms with E-state index in [-0.39, 0.29) is 23.6 Å². The monoisotopic (exact) mass is 438 g/mol. The van der Waals surface area contributed by atoms with Crippen molar-refractivity contribution in [3.8, 4) is 5.75 Å². The van der Waals surface area contributed by atoms with Crippen LogP contribution in [0.5, 0.6) is 5.75 Å². The molecule has 2 aromatic heterocycles. The maximum Gasteiger partial charge on any atom is 0.295 e. The van der Waals surface area contributed by atoms with Gasteiger partial charge >= 0.3 is 0 Å². The first kappa shape index (κ1) is 21.2. The van der Waals surface area contributed by atoms with Gasteiger partial charge in [-0.1, -0.05) is 25.3 Å². The second-order valence-corrected chi connectivity index (χ2v) is 8.59. The zero-order valence-corrected chi connectivity index (χ0v) is 18.3. The summed E-state index contributed by atoms with van der Waals surface area (Å²) < 4.78 is 10.7. The number of methoxy groups -OCH3 is 1. The SMILES string of the molecule is COc1ccc(N(C(=O)c2ccco2)C(C(=O)NC2CCCCC2)c2cccs2)cc1. The van der Waals surface area contributed by atoms with E-state index in [4.69, 9.17) is 9.15 Å². The average molecular weight is 439 g/mol. The summed E-state index contributed by atoms with van der Waals surface area (Å²) in [6.45, 7) is 0. The van der Waals surface area contributed by atoms with E-state index in [1.807, 2.05) is 17.5 Å². The van der Waals surface area contributed by atoms with Gasteiger partial charge in [0.25, 0.3) is 5.91 Å². The van der Waals surface area contributed by atoms with Gasteiger partial charge in [0.15, 0.2) is 11.8 Å². The molecule has 1 saturated carbocycles. The third-order valence-corrected chi connectivity index (χ3v) is 6.50. The van der Waals surface area contributed by atoms with Crippen molar-refractivity contribution in [1.82, 2.24) is 5.32 Å². The molecule has 1 aliphatic carbocycles. The highest BCUT2D eigenvalue weighted by Crippen LogP contribution is 2.33. The molecular weight excluding hydrogens is 412 g/mol. The van der Waals surface area contributed by atoms with Crippen LogP contribution >= 0.6 is 11.3 Å². The quantitative estimate of drug-likeness (QED) is 0.551. The standard InChI is InChI=1S/C24H26N2O4S/c1-29-19-13-11-18(12-14-19)26(24(28)20-9-5-15-30-20)22(21-10-6-16-31-21)23(27)25-17-7-3-2-4-8-17/h5-6,9-17,22H,2-4,7-8H2,1H3,(H,25,27). The summed E-state index contributed by atoms with van der Waals surface area (Å²) in [7, 11) is 1.59. The van der Waals surface area contributed by atoms with Crippen LogP contribution < -0.4 is 15.0 Å². The van der Waals surface area contributed by atoms with Crippen molar-refractivity contribution in [1.29, 1.82) is 0 Å². The molecule has 0 saturated heterocycles. The minimum absolute atomic E-state index is 0.139. The Morgan fingerprint density at radius 3 is 2.48 bits per heavy atom. The van der Waals surface area contributed by atoms with E-state index in [0.29, 0.717) is 11.4 Å². The van der Waals surface area contributed by atoms with Crippen LogP contribution in [0.4, 0.5) is 5.69 Å². The number of amides is 2. The molecule has 7 heteroatoms. The van der Waals surface area contributed by atoms with Crippen LogP contribution in [0.15, 0.2) is 64.6 Å². The number of ether oxygens (including phenoxy) is 1. The molecule has 3 aromatic rings. The van der Waals surface area contributed by atoms with Crippen LogP contribution in [0.3, 0.4) is 0 Å². The summed E-state index contributed by atoms with van der Waals surface area (Å²) in [4.78, 5) is 29.4. The predicted octanol–water partition coefficient (Wildman–Crippen LogP) is 5.19. The van der Waals surface area contributed by atoms with Gasteiger partial charge in [0.1, 0.15) is 5.75 Å². The van der Waals surface area contributed by atoms with Crippen LogP contribution in [-0.2, 0) is 4.79 Å². The maximum absolute atomic E-state index is 13.6. The van der Waals surface area contributed by atoms with Crippen molar-refractivity contribution in [2.45, 2.75) is 44.2 Å². The molecule has 1 aliphatic rings. The van der Waals surface area contributed by atoms with E-state index in [2.05, 4.69) is 5.32 Å². The third-order valence-electron chi connectivity index (χ3n) is 5.57. The molecule has 1 aromatic carbocycles. The normalized spacial score (nSPS) is 15.3. The molecule has 0 bridgehead atoms. The van der Waals surface area contributed by atoms with Gasteiger partial charge < -0.3 is 14.5 Å². The first-order valence-corrected chi connectivity index (χ1v) is 11.4. The fourth-order valence-electron chi connectivity index (χ4n) is 3.99. The number of furan rings is 1. The lowest BCUT2D eigenvalue weighted by atomic mass is 9.95. The average Bonchev–Trinajstić information content (AvgIpc) is 3.52. The highest BCUT2D eigenvalue weighted by atomic mass is 32.1. The van der Waals surface area contributed by atoms with Gasteiger partial charge in [0.05, 0.1) is 13.4 Å². The lowest BCUT2D eigenvalue weighted by Gasteiger charge is -2.32. The first-order valence-electron chi connectivity index (χ1n) is 10.5. The van der Waals surface area contributed by atoms with Crippen LogP contribution in [0.25, 0.3) is 0 Å². The molecule has 31 heavy (non-hydrogen) atoms. The Morgan fingerprint density at radius 1 is 1.10 bits per heavy atom. The molecule has 2 amide bonds. The van der Waals surface area contributed by atoms with Crippen LogP contribution in [0.1, 0.15) is 53.6 Å². The van der Waals surface area contributed by atoms with Crippen molar-refractivity contribution in [2.75, 3.05) is 12.0 Å². The highest BCUT2D eigenvalue weighted by Gasteiger charge is 2.36. The van der Waals surface area contributed by atoms with Crippen molar-refractivity contribution < 1.29 is 18.7 Å². The molecule has 162 valence electrons. The molecule has 1 unspecified atom stereocenters. The van der Waals surface area contributed by atoms with Gasteiger partial charge in [-0.15, -0.1) is 11.3 Å². The van der Waals surface area contributed by atoms with Gasteiger partial charge in [-0.25, -0.2) is 0 Å². The summed E-state index contributed by atoms with van der Waals surface area (Å²) >= 11 is 1.46. The number of carbonyl (C=O) groups is 2. The van der Waals surface area contributed by atoms with E-state index < -0.39 is 6.04 Å². The molecule has 6 nitrogen and oxygen atoms in total. The number of hydrogen-bond donors (Lipinski definition) is 1. The smallest absolute Gasteiger partial charge is 0.295 e. The Balaban J connectivity index is 1.73. The summed E-state index contributed by atoms with van der Waals surface area (Å²) in [5.41, 5.74) is 0.597. The number of benzene rings is 1. The Labute approximate surface area is 185 Å². The summed E-state index contributed by atoms with van der Waals surface area (Å²) in [6, 6.07) is 13.5. The Bertz CT molecular complexity index is 977. The van der Waals surface area contributed by atoms with Gasteiger partial charge in [-0.2, -0.15) is 0 Å². The first-order chi connectivity index (χ1) is 15.2. The summed E-state index contributed by atoms with van der Waals surface area (Å²) in [6.07, 6.45) is 6.83. The lowest BCUT2D eigenvalue weighted by Crippen LogP contribution is -2.47. The van der Waals surface area contributed by atoms with Crippen molar-refractivity contribution in [3.63, 3.8) is 0 Å². The fourth-order valence-corrected chi connectivity index (χ4v) is 4.81. The minimum atomic E-state index is -0.798. The second-order valence-electron chi connectivity index (χ2n) is 7.61. The Kier molecular flexibility index (Phi) is 6.72. The topological polar surface area (TPSA) is 71.8 Å². The number of thiophene rings is 1. The zero-order chi connectivity index (χ0) is 21.6. The Morgan fingerprint density at radius 2 is 1.87 bits per heavy atom. The number of anilines is 1. The van der Waals surface area contributed by atoms with Gasteiger partial charge in [-0.3, -0.25) is 14.5 Å². The third kappa shape index (κ3) is 4.82. The van der Waals surface area contributed by atoms with Crippen LogP contribution in [-0.4, -0.2) is 25.0 Å². The van der Waals surface area contributed by atoms with E-state index in [1.54, 1.807) is 43.5 Å². The van der Waals surface area contributed by atoms with Gasteiger partial charge in [0, 0.05) is 16.6 Å². The number of nitrogens with zero attached hydrogens (tertiary/aromatic N) is 1. The fraction of sp³-hybridized carbons (Fsp3) is 0.333. The predicted molar refractivity (Wildman–Crippen MR) is 121 cm³/mol. The second kappa shape index (κ2) is 9.83. The molecule has 4 rings (SSSR count). The maximum atomic E-state index is 13.6. The lowest BCUT2D eigenvalue weighted by molar-refractivity contribution is -0.123. The molecule has 0 spiro atoms. The van der Waals surface area contributed by atoms with E-state index in [0.717, 1.165) is 30.6 Å². The largest absolute Gasteiger partial charge is 0.497 e. The minimum Gasteiger partial charge on any atom is -0.497 e. The molecule has 0 radical (unpaired) electrons. The number of nitrogens with one attached hydrogen (secondary N) is 1. The molecule has 1 atom stereocenters. The summed E-state index contributed by atoms with van der Waals surface area (Å²) in [5, 5.41) is 5.12. The summed E-state index contributed by atoms with van der Waals surface area (Å²) in [5.74, 6) is 0.314. The molecule has 1 N–H and O–H groups in total. The van der Waals surface area contributed by atoms with E-state index in [9.17, 15) is 9.59 Å². The van der Waals surface area contributed by atoms with Crippen LogP contribution in [0.2, 0.25) is 0 Å². The number of hydrogen-bond acceptors (Lipinski definition) is 5. The zero-order valence-electron chi connectivity index (χ0n) is 17.5. The number of carbonyl (C=O) groups excluding carboxylic acids is 2. The van der Waals surface area contributed by atoms with Crippen molar-refractivity contribution in [3.05, 3.63) is 70.8 Å². The van der Waals surface area contributed by atoms with Gasteiger partial charge in [-0.05, 0) is 60.7 Å². The molecule has 0 aliphatic heterocycles. The highest BCUT2D eigenvalue weighted by molar-refractivity contribution is 7.10. The van der Waals surface area contributed by atoms with E-state index in [1.165, 1.54) is 28.9 Å². The molecule has 1 fully saturated rings. The molecular formula is C24H26N2O4S.